The second kappa shape index (κ2) is 3.68. The summed E-state index contributed by atoms with van der Waals surface area (Å²) in [5.41, 5.74) is 0.0628. The lowest BCUT2D eigenvalue weighted by Crippen LogP contribution is -2.33. The van der Waals surface area contributed by atoms with Gasteiger partial charge < -0.3 is 5.11 Å². The zero-order valence-electron chi connectivity index (χ0n) is 10.0. The van der Waals surface area contributed by atoms with Gasteiger partial charge in [-0.15, -0.1) is 0 Å². The monoisotopic (exact) mass is 248 g/mol. The Morgan fingerprint density at radius 2 is 2.00 bits per heavy atom. The fourth-order valence-electron chi connectivity index (χ4n) is 3.85. The highest BCUT2D eigenvalue weighted by atomic mass is 32.2. The van der Waals surface area contributed by atoms with E-state index in [2.05, 4.69) is 18.0 Å². The first-order chi connectivity index (χ1) is 7.28. The van der Waals surface area contributed by atoms with Crippen LogP contribution in [0, 0.1) is 23.2 Å². The van der Waals surface area contributed by atoms with Crippen molar-refractivity contribution < 1.29 is 17.7 Å². The molecule has 0 aromatic rings. The SMILES string of the molecule is COS(=O)(=O)CC1CC2CC(O)C1C2(C)C. The van der Waals surface area contributed by atoms with Gasteiger partial charge in [-0.1, -0.05) is 13.8 Å². The molecule has 2 saturated carbocycles. The van der Waals surface area contributed by atoms with E-state index in [1.165, 1.54) is 7.11 Å². The lowest BCUT2D eigenvalue weighted by atomic mass is 9.80. The molecule has 0 saturated heterocycles. The zero-order chi connectivity index (χ0) is 12.1. The lowest BCUT2D eigenvalue weighted by Gasteiger charge is -2.29. The Morgan fingerprint density at radius 1 is 1.38 bits per heavy atom. The van der Waals surface area contributed by atoms with Crippen molar-refractivity contribution in [1.82, 2.24) is 0 Å². The van der Waals surface area contributed by atoms with Crippen LogP contribution in [-0.4, -0.2) is 32.5 Å². The lowest BCUT2D eigenvalue weighted by molar-refractivity contribution is 0.0674. The number of aliphatic hydroxyl groups is 1. The second-order valence-electron chi connectivity index (χ2n) is 5.73. The normalized spacial score (nSPS) is 41.5. The van der Waals surface area contributed by atoms with Gasteiger partial charge in [0.05, 0.1) is 19.0 Å². The van der Waals surface area contributed by atoms with E-state index in [1.807, 2.05) is 0 Å². The van der Waals surface area contributed by atoms with Gasteiger partial charge in [0.15, 0.2) is 0 Å². The predicted molar refractivity (Wildman–Crippen MR) is 60.3 cm³/mol. The van der Waals surface area contributed by atoms with Crippen molar-refractivity contribution >= 4 is 10.1 Å². The Labute approximate surface area is 97.1 Å². The molecule has 1 N–H and O–H groups in total. The standard InChI is InChI=1S/C11H20O4S/c1-11(2)8-4-7(6-16(13,14)15-3)10(11)9(12)5-8/h7-10,12H,4-6H2,1-3H3. The quantitative estimate of drug-likeness (QED) is 0.757. The van der Waals surface area contributed by atoms with E-state index < -0.39 is 10.1 Å². The molecular weight excluding hydrogens is 228 g/mol. The molecule has 0 aliphatic heterocycles. The van der Waals surface area contributed by atoms with Crippen molar-refractivity contribution in [1.29, 1.82) is 0 Å². The molecule has 5 heteroatoms. The van der Waals surface area contributed by atoms with Crippen LogP contribution in [-0.2, 0) is 14.3 Å². The maximum atomic E-state index is 11.4. The Bertz CT molecular complexity index is 373. The van der Waals surface area contributed by atoms with E-state index in [0.717, 1.165) is 12.8 Å². The summed E-state index contributed by atoms with van der Waals surface area (Å²) in [5.74, 6) is 0.645. The first-order valence-corrected chi connectivity index (χ1v) is 7.32. The molecule has 2 aliphatic carbocycles. The Morgan fingerprint density at radius 3 is 2.44 bits per heavy atom. The van der Waals surface area contributed by atoms with Crippen molar-refractivity contribution in [3.8, 4) is 0 Å². The van der Waals surface area contributed by atoms with E-state index in [-0.39, 0.29) is 29.1 Å². The van der Waals surface area contributed by atoms with Crippen molar-refractivity contribution in [2.24, 2.45) is 23.2 Å². The summed E-state index contributed by atoms with van der Waals surface area (Å²) in [4.78, 5) is 0. The summed E-state index contributed by atoms with van der Waals surface area (Å²) >= 11 is 0. The van der Waals surface area contributed by atoms with Crippen LogP contribution in [0.5, 0.6) is 0 Å². The number of fused-ring (bicyclic) bond motifs is 2. The molecule has 0 amide bonds. The molecule has 4 nitrogen and oxygen atoms in total. The molecule has 2 bridgehead atoms. The molecule has 0 spiro atoms. The number of hydrogen-bond donors (Lipinski definition) is 1. The molecular formula is C11H20O4S. The smallest absolute Gasteiger partial charge is 0.267 e. The average Bonchev–Trinajstić information content (AvgIpc) is 2.49. The van der Waals surface area contributed by atoms with Crippen LogP contribution in [0.15, 0.2) is 0 Å². The van der Waals surface area contributed by atoms with Crippen LogP contribution < -0.4 is 0 Å². The van der Waals surface area contributed by atoms with Crippen LogP contribution in [0.3, 0.4) is 0 Å². The molecule has 94 valence electrons. The summed E-state index contributed by atoms with van der Waals surface area (Å²) in [6.07, 6.45) is 1.38. The second-order valence-corrected chi connectivity index (χ2v) is 7.52. The Balaban J connectivity index is 2.17. The third kappa shape index (κ3) is 1.79. The summed E-state index contributed by atoms with van der Waals surface area (Å²) in [6, 6.07) is 0. The number of rotatable bonds is 3. The average molecular weight is 248 g/mol. The van der Waals surface area contributed by atoms with Crippen molar-refractivity contribution in [3.63, 3.8) is 0 Å². The molecule has 2 aliphatic rings. The largest absolute Gasteiger partial charge is 0.393 e. The first-order valence-electron chi connectivity index (χ1n) is 5.74. The topological polar surface area (TPSA) is 63.6 Å². The molecule has 0 heterocycles. The zero-order valence-corrected chi connectivity index (χ0v) is 10.8. The third-order valence-corrected chi connectivity index (χ3v) is 5.96. The maximum Gasteiger partial charge on any atom is 0.267 e. The van der Waals surface area contributed by atoms with E-state index in [0.29, 0.717) is 5.92 Å². The fraction of sp³-hybridized carbons (Fsp3) is 1.00. The minimum Gasteiger partial charge on any atom is -0.393 e. The Kier molecular flexibility index (Phi) is 2.84. The summed E-state index contributed by atoms with van der Waals surface area (Å²) < 4.78 is 27.4. The van der Waals surface area contributed by atoms with Crippen LogP contribution in [0.4, 0.5) is 0 Å². The summed E-state index contributed by atoms with van der Waals surface area (Å²) in [6.45, 7) is 4.27. The van der Waals surface area contributed by atoms with Crippen LogP contribution in [0.1, 0.15) is 26.7 Å². The molecule has 2 rings (SSSR count). The molecule has 0 radical (unpaired) electrons. The van der Waals surface area contributed by atoms with Crippen molar-refractivity contribution in [2.45, 2.75) is 32.8 Å². The molecule has 0 aromatic carbocycles. The van der Waals surface area contributed by atoms with Gasteiger partial charge in [0.25, 0.3) is 10.1 Å². The highest BCUT2D eigenvalue weighted by molar-refractivity contribution is 7.86. The predicted octanol–water partition coefficient (Wildman–Crippen LogP) is 1.01. The minimum atomic E-state index is -3.41. The van der Waals surface area contributed by atoms with Gasteiger partial charge in [-0.3, -0.25) is 4.18 Å². The molecule has 4 unspecified atom stereocenters. The fourth-order valence-corrected chi connectivity index (χ4v) is 4.85. The number of hydrogen-bond acceptors (Lipinski definition) is 4. The van der Waals surface area contributed by atoms with Crippen molar-refractivity contribution in [3.05, 3.63) is 0 Å². The van der Waals surface area contributed by atoms with Crippen LogP contribution in [0.2, 0.25) is 0 Å². The Hall–Kier alpha value is -0.130. The summed E-state index contributed by atoms with van der Waals surface area (Å²) in [7, 11) is -2.21. The first kappa shape index (κ1) is 12.3. The van der Waals surface area contributed by atoms with E-state index in [1.54, 1.807) is 0 Å². The highest BCUT2D eigenvalue weighted by Gasteiger charge is 2.58. The van der Waals surface area contributed by atoms with E-state index >= 15 is 0 Å². The molecule has 0 aromatic heterocycles. The van der Waals surface area contributed by atoms with Gasteiger partial charge in [0.1, 0.15) is 0 Å². The van der Waals surface area contributed by atoms with Crippen LogP contribution >= 0.6 is 0 Å². The molecule has 2 fully saturated rings. The molecule has 16 heavy (non-hydrogen) atoms. The summed E-state index contributed by atoms with van der Waals surface area (Å²) in [5, 5.41) is 9.96. The van der Waals surface area contributed by atoms with Gasteiger partial charge in [0, 0.05) is 0 Å². The van der Waals surface area contributed by atoms with E-state index in [9.17, 15) is 13.5 Å². The van der Waals surface area contributed by atoms with Gasteiger partial charge in [-0.05, 0) is 36.0 Å². The van der Waals surface area contributed by atoms with E-state index in [4.69, 9.17) is 0 Å². The number of aliphatic hydroxyl groups excluding tert-OH is 1. The van der Waals surface area contributed by atoms with Crippen molar-refractivity contribution in [2.75, 3.05) is 12.9 Å². The molecule has 4 atom stereocenters. The highest BCUT2D eigenvalue weighted by Crippen LogP contribution is 2.60. The maximum absolute atomic E-state index is 11.4. The minimum absolute atomic E-state index is 0.0468. The van der Waals surface area contributed by atoms with Gasteiger partial charge in [-0.25, -0.2) is 0 Å². The van der Waals surface area contributed by atoms with Crippen LogP contribution in [0.25, 0.3) is 0 Å². The van der Waals surface area contributed by atoms with Gasteiger partial charge in [0.2, 0.25) is 0 Å². The van der Waals surface area contributed by atoms with Gasteiger partial charge in [-0.2, -0.15) is 8.42 Å². The van der Waals surface area contributed by atoms with Gasteiger partial charge >= 0.3 is 0 Å². The third-order valence-electron chi connectivity index (χ3n) is 4.62.